The number of para-hydroxylation sites is 2. The van der Waals surface area contributed by atoms with E-state index in [1.165, 1.54) is 12.1 Å². The second kappa shape index (κ2) is 5.49. The summed E-state index contributed by atoms with van der Waals surface area (Å²) >= 11 is 0. The topological polar surface area (TPSA) is 78.3 Å². The van der Waals surface area contributed by atoms with Gasteiger partial charge in [-0.05, 0) is 18.2 Å². The van der Waals surface area contributed by atoms with E-state index in [4.69, 9.17) is 16.2 Å². The van der Waals surface area contributed by atoms with Gasteiger partial charge in [-0.15, -0.1) is 0 Å². The van der Waals surface area contributed by atoms with Gasteiger partial charge in [0.1, 0.15) is 5.75 Å². The van der Waals surface area contributed by atoms with Gasteiger partial charge in [0.15, 0.2) is 11.6 Å². The summed E-state index contributed by atoms with van der Waals surface area (Å²) in [5.41, 5.74) is 11.5. The average molecular weight is 260 g/mol. The molecule has 0 saturated carbocycles. The molecule has 0 atom stereocenters. The standard InChI is InChI=1S/C14H13FN2O2/c15-11-6-3-4-9(8-16)13(11)19-12-7-2-1-5-10(12)14(17)18/h1-7H,8,16H2,(H2,17,18). The Labute approximate surface area is 109 Å². The molecule has 5 heteroatoms. The van der Waals surface area contributed by atoms with Crippen LogP contribution in [-0.4, -0.2) is 5.91 Å². The lowest BCUT2D eigenvalue weighted by atomic mass is 10.1. The van der Waals surface area contributed by atoms with E-state index in [1.807, 2.05) is 0 Å². The van der Waals surface area contributed by atoms with Gasteiger partial charge < -0.3 is 16.2 Å². The van der Waals surface area contributed by atoms with Gasteiger partial charge in [-0.3, -0.25) is 4.79 Å². The Hall–Kier alpha value is -2.40. The minimum absolute atomic E-state index is 0.0127. The molecule has 0 aliphatic rings. The van der Waals surface area contributed by atoms with Crippen molar-refractivity contribution in [3.63, 3.8) is 0 Å². The van der Waals surface area contributed by atoms with Crippen LogP contribution < -0.4 is 16.2 Å². The third kappa shape index (κ3) is 2.71. The first-order valence-electron chi connectivity index (χ1n) is 5.67. The molecule has 0 heterocycles. The lowest BCUT2D eigenvalue weighted by Crippen LogP contribution is -2.12. The van der Waals surface area contributed by atoms with E-state index in [9.17, 15) is 9.18 Å². The van der Waals surface area contributed by atoms with Crippen LogP contribution in [0.5, 0.6) is 11.5 Å². The number of nitrogens with two attached hydrogens (primary N) is 2. The molecule has 0 radical (unpaired) electrons. The fourth-order valence-electron chi connectivity index (χ4n) is 1.70. The van der Waals surface area contributed by atoms with Crippen LogP contribution in [-0.2, 0) is 6.54 Å². The van der Waals surface area contributed by atoms with Crippen molar-refractivity contribution in [3.05, 3.63) is 59.4 Å². The molecule has 19 heavy (non-hydrogen) atoms. The molecule has 0 aliphatic heterocycles. The number of ether oxygens (including phenoxy) is 1. The van der Waals surface area contributed by atoms with Crippen LogP contribution in [0.1, 0.15) is 15.9 Å². The first-order valence-corrected chi connectivity index (χ1v) is 5.67. The average Bonchev–Trinajstić information content (AvgIpc) is 2.41. The highest BCUT2D eigenvalue weighted by atomic mass is 19.1. The van der Waals surface area contributed by atoms with Crippen LogP contribution in [0.2, 0.25) is 0 Å². The maximum atomic E-state index is 13.8. The lowest BCUT2D eigenvalue weighted by Gasteiger charge is -2.12. The van der Waals surface area contributed by atoms with Gasteiger partial charge in [0.2, 0.25) is 0 Å². The number of primary amides is 1. The number of halogens is 1. The Morgan fingerprint density at radius 3 is 2.58 bits per heavy atom. The number of hydrogen-bond acceptors (Lipinski definition) is 3. The molecule has 98 valence electrons. The smallest absolute Gasteiger partial charge is 0.252 e. The molecule has 1 amide bonds. The molecule has 0 aromatic heterocycles. The zero-order valence-electron chi connectivity index (χ0n) is 10.1. The number of rotatable bonds is 4. The number of amides is 1. The fraction of sp³-hybridized carbons (Fsp3) is 0.0714. The Balaban J connectivity index is 2.45. The van der Waals surface area contributed by atoms with Crippen molar-refractivity contribution >= 4 is 5.91 Å². The highest BCUT2D eigenvalue weighted by Gasteiger charge is 2.14. The summed E-state index contributed by atoms with van der Waals surface area (Å²) in [5.74, 6) is -0.961. The minimum Gasteiger partial charge on any atom is -0.453 e. The maximum absolute atomic E-state index is 13.8. The highest BCUT2D eigenvalue weighted by Crippen LogP contribution is 2.30. The molecule has 0 unspecified atom stereocenters. The van der Waals surface area contributed by atoms with Gasteiger partial charge in [-0.25, -0.2) is 4.39 Å². The van der Waals surface area contributed by atoms with Gasteiger partial charge in [0.05, 0.1) is 5.56 Å². The molecule has 4 N–H and O–H groups in total. The highest BCUT2D eigenvalue weighted by molar-refractivity contribution is 5.95. The summed E-state index contributed by atoms with van der Waals surface area (Å²) < 4.78 is 19.2. The number of hydrogen-bond donors (Lipinski definition) is 2. The Bertz CT molecular complexity index is 614. The predicted octanol–water partition coefficient (Wildman–Crippen LogP) is 2.18. The molecule has 0 spiro atoms. The van der Waals surface area contributed by atoms with E-state index in [-0.39, 0.29) is 23.6 Å². The van der Waals surface area contributed by atoms with Crippen LogP contribution in [0.15, 0.2) is 42.5 Å². The van der Waals surface area contributed by atoms with Gasteiger partial charge in [-0.2, -0.15) is 0 Å². The zero-order chi connectivity index (χ0) is 13.8. The molecule has 0 fully saturated rings. The first-order chi connectivity index (χ1) is 9.13. The van der Waals surface area contributed by atoms with E-state index in [0.717, 1.165) is 0 Å². The van der Waals surface area contributed by atoms with Gasteiger partial charge >= 0.3 is 0 Å². The van der Waals surface area contributed by atoms with Crippen LogP contribution in [0.25, 0.3) is 0 Å². The largest absolute Gasteiger partial charge is 0.453 e. The molecule has 4 nitrogen and oxygen atoms in total. The third-order valence-electron chi connectivity index (χ3n) is 2.63. The van der Waals surface area contributed by atoms with Crippen molar-refractivity contribution in [2.45, 2.75) is 6.54 Å². The SMILES string of the molecule is NCc1cccc(F)c1Oc1ccccc1C(N)=O. The Kier molecular flexibility index (Phi) is 3.77. The van der Waals surface area contributed by atoms with Crippen LogP contribution in [0.4, 0.5) is 4.39 Å². The van der Waals surface area contributed by atoms with Crippen LogP contribution in [0.3, 0.4) is 0 Å². The number of carbonyl (C=O) groups is 1. The summed E-state index contributed by atoms with van der Waals surface area (Å²) in [7, 11) is 0. The van der Waals surface area contributed by atoms with E-state index < -0.39 is 11.7 Å². The van der Waals surface area contributed by atoms with Crippen LogP contribution >= 0.6 is 0 Å². The lowest BCUT2D eigenvalue weighted by molar-refractivity contribution is 0.0998. The maximum Gasteiger partial charge on any atom is 0.252 e. The summed E-state index contributed by atoms with van der Waals surface area (Å²) in [6.45, 7) is 0.131. The molecule has 2 aromatic rings. The predicted molar refractivity (Wildman–Crippen MR) is 69.3 cm³/mol. The van der Waals surface area contributed by atoms with E-state index in [0.29, 0.717) is 5.56 Å². The quantitative estimate of drug-likeness (QED) is 0.884. The van der Waals surface area contributed by atoms with Crippen molar-refractivity contribution in [2.24, 2.45) is 11.5 Å². The van der Waals surface area contributed by atoms with Crippen molar-refractivity contribution in [1.29, 1.82) is 0 Å². The van der Waals surface area contributed by atoms with Crippen molar-refractivity contribution < 1.29 is 13.9 Å². The molecule has 0 aliphatic carbocycles. The van der Waals surface area contributed by atoms with Crippen molar-refractivity contribution in [3.8, 4) is 11.5 Å². The van der Waals surface area contributed by atoms with Gasteiger partial charge in [0.25, 0.3) is 5.91 Å². The number of benzene rings is 2. The van der Waals surface area contributed by atoms with Crippen LogP contribution in [0, 0.1) is 5.82 Å². The summed E-state index contributed by atoms with van der Waals surface area (Å²) in [6.07, 6.45) is 0. The Morgan fingerprint density at radius 2 is 1.89 bits per heavy atom. The van der Waals surface area contributed by atoms with E-state index in [1.54, 1.807) is 30.3 Å². The molecule has 2 aromatic carbocycles. The van der Waals surface area contributed by atoms with E-state index >= 15 is 0 Å². The normalized spacial score (nSPS) is 10.2. The zero-order valence-corrected chi connectivity index (χ0v) is 10.1. The van der Waals surface area contributed by atoms with E-state index in [2.05, 4.69) is 0 Å². The van der Waals surface area contributed by atoms with Crippen molar-refractivity contribution in [2.75, 3.05) is 0 Å². The second-order valence-electron chi connectivity index (χ2n) is 3.89. The van der Waals surface area contributed by atoms with Gasteiger partial charge in [-0.1, -0.05) is 24.3 Å². The Morgan fingerprint density at radius 1 is 1.16 bits per heavy atom. The third-order valence-corrected chi connectivity index (χ3v) is 2.63. The molecular formula is C14H13FN2O2. The minimum atomic E-state index is -0.638. The summed E-state index contributed by atoms with van der Waals surface area (Å²) in [5, 5.41) is 0. The van der Waals surface area contributed by atoms with Crippen molar-refractivity contribution in [1.82, 2.24) is 0 Å². The van der Waals surface area contributed by atoms with Gasteiger partial charge in [0, 0.05) is 12.1 Å². The number of carbonyl (C=O) groups excluding carboxylic acids is 1. The first kappa shape index (κ1) is 13.0. The summed E-state index contributed by atoms with van der Waals surface area (Å²) in [4.78, 5) is 11.3. The molecule has 0 saturated heterocycles. The molecular weight excluding hydrogens is 247 g/mol. The molecule has 2 rings (SSSR count). The fourth-order valence-corrected chi connectivity index (χ4v) is 1.70. The monoisotopic (exact) mass is 260 g/mol. The molecule has 0 bridgehead atoms. The second-order valence-corrected chi connectivity index (χ2v) is 3.89. The summed E-state index contributed by atoms with van der Waals surface area (Å²) in [6, 6.07) is 10.9.